The summed E-state index contributed by atoms with van der Waals surface area (Å²) in [5, 5.41) is 0. The Morgan fingerprint density at radius 2 is 1.69 bits per heavy atom. The molecule has 0 aromatic heterocycles. The minimum absolute atomic E-state index is 0. The van der Waals surface area contributed by atoms with E-state index in [9.17, 15) is 9.18 Å². The zero-order chi connectivity index (χ0) is 16.5. The fourth-order valence-corrected chi connectivity index (χ4v) is 5.99. The van der Waals surface area contributed by atoms with Crippen molar-refractivity contribution in [3.05, 3.63) is 57.9 Å². The number of fused-ring (bicyclic) bond motifs is 1. The summed E-state index contributed by atoms with van der Waals surface area (Å²) in [4.78, 5) is 12.2. The molecule has 0 heterocycles. The molecule has 1 aromatic rings. The number of carbonyl (C=O) groups is 1. The van der Waals surface area contributed by atoms with Gasteiger partial charge in [0.1, 0.15) is 0 Å². The van der Waals surface area contributed by atoms with E-state index in [1.807, 2.05) is 0 Å². The molecule has 3 aliphatic carbocycles. The molecule has 0 amide bonds. The van der Waals surface area contributed by atoms with Crippen LogP contribution in [0.15, 0.2) is 46.6 Å². The zero-order valence-corrected chi connectivity index (χ0v) is 17.6. The molecule has 0 radical (unpaired) electrons. The minimum atomic E-state index is -0.813. The quantitative estimate of drug-likeness (QED) is 0.606. The van der Waals surface area contributed by atoms with Crippen LogP contribution in [-0.4, -0.2) is 5.97 Å². The van der Waals surface area contributed by atoms with Crippen molar-refractivity contribution in [2.24, 2.45) is 0 Å². The van der Waals surface area contributed by atoms with E-state index in [4.69, 9.17) is 3.32 Å². The molecule has 2 nitrogen and oxygen atoms in total. The van der Waals surface area contributed by atoms with Crippen molar-refractivity contribution in [1.29, 1.82) is 0 Å². The maximum absolute atomic E-state index is 13.0. The van der Waals surface area contributed by atoms with Crippen LogP contribution in [0.5, 0.6) is 0 Å². The van der Waals surface area contributed by atoms with Gasteiger partial charge in [-0.2, -0.15) is 0 Å². The molecule has 0 aliphatic heterocycles. The van der Waals surface area contributed by atoms with Crippen LogP contribution in [0.4, 0.5) is 4.39 Å². The average molecular weight is 431 g/mol. The minimum Gasteiger partial charge on any atom is -1.00 e. The van der Waals surface area contributed by atoms with E-state index in [0.717, 1.165) is 12.8 Å². The second kappa shape index (κ2) is 9.55. The third-order valence-corrected chi connectivity index (χ3v) is 7.36. The van der Waals surface area contributed by atoms with Gasteiger partial charge in [0.2, 0.25) is 0 Å². The topological polar surface area (TPSA) is 26.3 Å². The molecule has 138 valence electrons. The summed E-state index contributed by atoms with van der Waals surface area (Å²) in [7, 11) is 0. The van der Waals surface area contributed by atoms with Crippen LogP contribution in [0.3, 0.4) is 0 Å². The largest absolute Gasteiger partial charge is 1.00 e. The Bertz CT molecular complexity index is 728. The van der Waals surface area contributed by atoms with Gasteiger partial charge in [-0.05, 0) is 0 Å². The number of benzene rings is 1. The summed E-state index contributed by atoms with van der Waals surface area (Å²) >= 11 is -0.813. The molecular weight excluding hydrogens is 410 g/mol. The first-order valence-corrected chi connectivity index (χ1v) is 10.4. The molecule has 0 saturated carbocycles. The Morgan fingerprint density at radius 3 is 2.46 bits per heavy atom. The van der Waals surface area contributed by atoms with Gasteiger partial charge in [-0.25, -0.2) is 0 Å². The summed E-state index contributed by atoms with van der Waals surface area (Å²) in [5.74, 6) is -0.620. The average Bonchev–Trinajstić information content (AvgIpc) is 2.99. The number of rotatable bonds is 3. The van der Waals surface area contributed by atoms with Gasteiger partial charge >= 0.3 is 152 Å². The third-order valence-electron chi connectivity index (χ3n) is 5.45. The van der Waals surface area contributed by atoms with Crippen LogP contribution in [0, 0.1) is 5.82 Å². The van der Waals surface area contributed by atoms with Crippen LogP contribution < -0.4 is 24.8 Å². The van der Waals surface area contributed by atoms with Crippen LogP contribution >= 0.6 is 0 Å². The molecule has 1 unspecified atom stereocenters. The van der Waals surface area contributed by atoms with Crippen molar-refractivity contribution in [1.82, 2.24) is 0 Å². The van der Waals surface area contributed by atoms with Crippen LogP contribution in [0.2, 0.25) is 4.22 Å². The fraction of sp³-hybridized carbons (Fsp3) is 0.450. The van der Waals surface area contributed by atoms with Gasteiger partial charge in [0.25, 0.3) is 0 Å². The number of carbonyl (C=O) groups excluding carboxylic acids is 1. The number of halogens is 3. The van der Waals surface area contributed by atoms with Gasteiger partial charge in [-0.15, -0.1) is 0 Å². The standard InChI is InChI=1S/C13H17.C7H5FO2.2ClH.Ti/c1-3-7-12-10(5-1)9-11-6-2-4-8-13(11)12;8-6-3-1-5(2-4-6)7(9)10;;;/h5H,1-4,6-9H2;1-4H,(H,9,10);2*1H;/q;;;;+3/p-3. The predicted molar refractivity (Wildman–Crippen MR) is 86.6 cm³/mol. The maximum atomic E-state index is 13.0. The first kappa shape index (κ1) is 21.7. The Balaban J connectivity index is 0.00000121. The molecular formula is C20H21Cl2FO2Ti. The predicted octanol–water partition coefficient (Wildman–Crippen LogP) is -0.469. The molecule has 0 fully saturated rings. The van der Waals surface area contributed by atoms with E-state index in [1.165, 1.54) is 62.8 Å². The molecule has 1 aromatic carbocycles. The van der Waals surface area contributed by atoms with Crippen LogP contribution in [-0.2, 0) is 22.9 Å². The van der Waals surface area contributed by atoms with Crippen molar-refractivity contribution < 1.29 is 56.9 Å². The van der Waals surface area contributed by atoms with Crippen molar-refractivity contribution >= 4 is 5.97 Å². The Hall–Kier alpha value is -0.606. The molecule has 3 aliphatic rings. The van der Waals surface area contributed by atoms with Crippen LogP contribution in [0.25, 0.3) is 0 Å². The maximum Gasteiger partial charge on any atom is -1.00 e. The van der Waals surface area contributed by atoms with E-state index in [1.54, 1.807) is 22.3 Å². The zero-order valence-electron chi connectivity index (χ0n) is 14.5. The molecule has 26 heavy (non-hydrogen) atoms. The monoisotopic (exact) mass is 430 g/mol. The fourth-order valence-electron chi connectivity index (χ4n) is 4.26. The molecule has 4 rings (SSSR count). The molecule has 0 spiro atoms. The van der Waals surface area contributed by atoms with E-state index < -0.39 is 19.5 Å². The molecule has 6 heteroatoms. The number of hydrogen-bond donors (Lipinski definition) is 0. The summed E-state index contributed by atoms with van der Waals surface area (Å²) in [5.41, 5.74) is 7.02. The van der Waals surface area contributed by atoms with Crippen molar-refractivity contribution in [3.8, 4) is 0 Å². The first-order valence-electron chi connectivity index (χ1n) is 8.88. The van der Waals surface area contributed by atoms with Gasteiger partial charge < -0.3 is 24.8 Å². The Morgan fingerprint density at radius 1 is 1.00 bits per heavy atom. The van der Waals surface area contributed by atoms with Gasteiger partial charge in [0.15, 0.2) is 0 Å². The molecule has 1 atom stereocenters. The summed E-state index contributed by atoms with van der Waals surface area (Å²) in [6, 6.07) is 5.63. The first-order chi connectivity index (χ1) is 11.7. The van der Waals surface area contributed by atoms with Gasteiger partial charge in [-0.3, -0.25) is 0 Å². The molecule has 0 bridgehead atoms. The van der Waals surface area contributed by atoms with Crippen LogP contribution in [0.1, 0.15) is 61.7 Å². The van der Waals surface area contributed by atoms with E-state index in [0.29, 0.717) is 9.79 Å². The number of allylic oxidation sites excluding steroid dienone is 4. The van der Waals surface area contributed by atoms with Crippen molar-refractivity contribution in [3.63, 3.8) is 0 Å². The molecule has 0 saturated heterocycles. The van der Waals surface area contributed by atoms with Gasteiger partial charge in [0, 0.05) is 0 Å². The normalized spacial score (nSPS) is 21.0. The van der Waals surface area contributed by atoms with Gasteiger partial charge in [-0.1, -0.05) is 0 Å². The Labute approximate surface area is 175 Å². The molecule has 0 N–H and O–H groups in total. The number of hydrogen-bond acceptors (Lipinski definition) is 2. The van der Waals surface area contributed by atoms with Gasteiger partial charge in [0.05, 0.1) is 0 Å². The van der Waals surface area contributed by atoms with E-state index >= 15 is 0 Å². The summed E-state index contributed by atoms with van der Waals surface area (Å²) < 4.78 is 19.1. The summed E-state index contributed by atoms with van der Waals surface area (Å²) in [6.07, 6.45) is 9.94. The second-order valence-corrected chi connectivity index (χ2v) is 8.70. The van der Waals surface area contributed by atoms with Crippen molar-refractivity contribution in [2.45, 2.75) is 55.6 Å². The van der Waals surface area contributed by atoms with E-state index in [-0.39, 0.29) is 36.6 Å². The smallest absolute Gasteiger partial charge is 1.00 e. The third kappa shape index (κ3) is 4.44. The van der Waals surface area contributed by atoms with E-state index in [2.05, 4.69) is 0 Å². The Kier molecular flexibility index (Phi) is 7.97. The van der Waals surface area contributed by atoms with Crippen molar-refractivity contribution in [2.75, 3.05) is 0 Å². The second-order valence-electron chi connectivity index (χ2n) is 6.93. The SMILES string of the molecule is O=C([O][Ti+2][CH]1CCCC2=C1CC1=C2CCCC1)c1ccc(F)cc1.[Cl-].[Cl-]. The summed E-state index contributed by atoms with van der Waals surface area (Å²) in [6.45, 7) is 0.